The number of likely N-dealkylation sites (N-methyl/N-ethyl adjacent to an activating group) is 1. The summed E-state index contributed by atoms with van der Waals surface area (Å²) in [6.07, 6.45) is 0.863. The molecule has 0 atom stereocenters. The fourth-order valence-electron chi connectivity index (χ4n) is 3.95. The molecule has 2 aromatic heterocycles. The summed E-state index contributed by atoms with van der Waals surface area (Å²) in [4.78, 5) is 19.3. The average molecular weight is 365 g/mol. The maximum absolute atomic E-state index is 12.2. The molecule has 1 aliphatic heterocycles. The number of aryl methyl sites for hydroxylation is 1. The van der Waals surface area contributed by atoms with Crippen molar-refractivity contribution >= 4 is 22.8 Å². The molecule has 0 unspecified atom stereocenters. The molecule has 1 amide bonds. The first-order valence-electron chi connectivity index (χ1n) is 8.90. The number of aromatic nitrogens is 2. The molecular formula is C20H23N5O2. The van der Waals surface area contributed by atoms with Crippen molar-refractivity contribution in [3.63, 3.8) is 0 Å². The number of fused-ring (bicyclic) bond motifs is 2. The number of benzene rings is 1. The minimum Gasteiger partial charge on any atom is -0.508 e. The van der Waals surface area contributed by atoms with E-state index in [1.165, 1.54) is 0 Å². The van der Waals surface area contributed by atoms with E-state index >= 15 is 0 Å². The molecule has 0 spiro atoms. The molecule has 140 valence electrons. The molecule has 4 rings (SSSR count). The van der Waals surface area contributed by atoms with Gasteiger partial charge in [0.15, 0.2) is 0 Å². The highest BCUT2D eigenvalue weighted by atomic mass is 16.3. The van der Waals surface area contributed by atoms with E-state index in [-0.39, 0.29) is 17.1 Å². The monoisotopic (exact) mass is 365 g/mol. The predicted molar refractivity (Wildman–Crippen MR) is 105 cm³/mol. The van der Waals surface area contributed by atoms with Crippen LogP contribution in [0.4, 0.5) is 5.82 Å². The van der Waals surface area contributed by atoms with Crippen LogP contribution in [-0.4, -0.2) is 39.1 Å². The Hall–Kier alpha value is -3.06. The van der Waals surface area contributed by atoms with Crippen molar-refractivity contribution in [1.82, 2.24) is 14.5 Å². The third-order valence-electron chi connectivity index (χ3n) is 5.41. The molecule has 0 fully saturated rings. The Balaban J connectivity index is 2.13. The number of hydrogen-bond donors (Lipinski definition) is 3. The number of nitrogens with two attached hydrogens (primary N) is 2. The van der Waals surface area contributed by atoms with Crippen LogP contribution in [0, 0.1) is 13.8 Å². The normalized spacial score (nSPS) is 14.5. The van der Waals surface area contributed by atoms with Crippen molar-refractivity contribution in [2.45, 2.75) is 26.8 Å². The van der Waals surface area contributed by atoms with E-state index in [2.05, 4.69) is 11.9 Å². The molecule has 27 heavy (non-hydrogen) atoms. The SMILES string of the molecule is Cc1ccc(O)c(C)c1-n1c(N)c(C(N)=O)c2cc3c(nc21)CN(C)CC3. The van der Waals surface area contributed by atoms with E-state index in [9.17, 15) is 9.90 Å². The number of rotatable bonds is 2. The Morgan fingerprint density at radius 1 is 1.30 bits per heavy atom. The van der Waals surface area contributed by atoms with Gasteiger partial charge in [-0.15, -0.1) is 0 Å². The zero-order valence-corrected chi connectivity index (χ0v) is 15.7. The largest absolute Gasteiger partial charge is 0.508 e. The second kappa shape index (κ2) is 5.99. The number of aromatic hydroxyl groups is 1. The van der Waals surface area contributed by atoms with Crippen LogP contribution < -0.4 is 11.5 Å². The molecule has 1 aromatic carbocycles. The lowest BCUT2D eigenvalue weighted by molar-refractivity contribution is 0.100. The van der Waals surface area contributed by atoms with Crippen molar-refractivity contribution in [3.8, 4) is 11.4 Å². The van der Waals surface area contributed by atoms with E-state index in [0.29, 0.717) is 16.6 Å². The maximum atomic E-state index is 12.2. The molecule has 3 aromatic rings. The minimum atomic E-state index is -0.582. The first-order chi connectivity index (χ1) is 12.8. The van der Waals surface area contributed by atoms with E-state index in [4.69, 9.17) is 16.5 Å². The van der Waals surface area contributed by atoms with Gasteiger partial charge < -0.3 is 21.5 Å². The summed E-state index contributed by atoms with van der Waals surface area (Å²) in [6, 6.07) is 5.46. The lowest BCUT2D eigenvalue weighted by atomic mass is 10.0. The number of carbonyl (C=O) groups is 1. The summed E-state index contributed by atoms with van der Waals surface area (Å²) in [7, 11) is 2.06. The standard InChI is InChI=1S/C20H23N5O2/c1-10-4-5-15(26)11(2)17(10)25-18(21)16(19(22)27)13-8-12-6-7-24(3)9-14(12)23-20(13)25/h4-5,8,26H,6-7,9,21H2,1-3H3,(H2,22,27). The molecule has 0 radical (unpaired) electrons. The van der Waals surface area contributed by atoms with Crippen LogP contribution in [0.1, 0.15) is 32.7 Å². The van der Waals surface area contributed by atoms with Crippen LogP contribution in [0.3, 0.4) is 0 Å². The van der Waals surface area contributed by atoms with Crippen LogP contribution in [0.2, 0.25) is 0 Å². The van der Waals surface area contributed by atoms with Crippen LogP contribution in [-0.2, 0) is 13.0 Å². The molecule has 0 aliphatic carbocycles. The quantitative estimate of drug-likeness (QED) is 0.643. The van der Waals surface area contributed by atoms with Crippen LogP contribution in [0.15, 0.2) is 18.2 Å². The lowest BCUT2D eigenvalue weighted by Gasteiger charge is -2.24. The van der Waals surface area contributed by atoms with Crippen molar-refractivity contribution in [1.29, 1.82) is 0 Å². The van der Waals surface area contributed by atoms with Crippen LogP contribution in [0.5, 0.6) is 5.75 Å². The van der Waals surface area contributed by atoms with E-state index in [1.807, 2.05) is 26.0 Å². The van der Waals surface area contributed by atoms with E-state index < -0.39 is 5.91 Å². The summed E-state index contributed by atoms with van der Waals surface area (Å²) in [5.74, 6) is -0.172. The van der Waals surface area contributed by atoms with E-state index in [0.717, 1.165) is 42.0 Å². The second-order valence-corrected chi connectivity index (χ2v) is 7.29. The zero-order valence-electron chi connectivity index (χ0n) is 15.7. The number of amides is 1. The molecule has 0 bridgehead atoms. The molecule has 0 saturated heterocycles. The number of nitrogens with zero attached hydrogens (tertiary/aromatic N) is 3. The summed E-state index contributed by atoms with van der Waals surface area (Å²) >= 11 is 0. The summed E-state index contributed by atoms with van der Waals surface area (Å²) in [5, 5.41) is 10.9. The highest BCUT2D eigenvalue weighted by Gasteiger charge is 2.26. The Bertz CT molecular complexity index is 1100. The van der Waals surface area contributed by atoms with Gasteiger partial charge in [0.2, 0.25) is 0 Å². The Morgan fingerprint density at radius 3 is 2.74 bits per heavy atom. The van der Waals surface area contributed by atoms with Gasteiger partial charge in [0.25, 0.3) is 5.91 Å². The minimum absolute atomic E-state index is 0.162. The van der Waals surface area contributed by atoms with Crippen molar-refractivity contribution < 1.29 is 9.90 Å². The number of nitrogen functional groups attached to an aromatic ring is 1. The first kappa shape index (κ1) is 17.4. The molecular weight excluding hydrogens is 342 g/mol. The number of carbonyl (C=O) groups excluding carboxylic acids is 1. The van der Waals surface area contributed by atoms with Gasteiger partial charge in [-0.3, -0.25) is 9.36 Å². The van der Waals surface area contributed by atoms with Gasteiger partial charge in [0.05, 0.1) is 16.9 Å². The number of pyridine rings is 1. The van der Waals surface area contributed by atoms with E-state index in [1.54, 1.807) is 10.6 Å². The number of hydrogen-bond acceptors (Lipinski definition) is 5. The Labute approximate surface area is 157 Å². The third kappa shape index (κ3) is 2.54. The summed E-state index contributed by atoms with van der Waals surface area (Å²) in [5.41, 5.74) is 17.3. The zero-order chi connectivity index (χ0) is 19.5. The van der Waals surface area contributed by atoms with Gasteiger partial charge >= 0.3 is 0 Å². The smallest absolute Gasteiger partial charge is 0.253 e. The van der Waals surface area contributed by atoms with Gasteiger partial charge in [-0.25, -0.2) is 4.98 Å². The van der Waals surface area contributed by atoms with Gasteiger partial charge in [0, 0.05) is 24.0 Å². The Kier molecular flexibility index (Phi) is 3.85. The summed E-state index contributed by atoms with van der Waals surface area (Å²) < 4.78 is 1.74. The fraction of sp³-hybridized carbons (Fsp3) is 0.300. The lowest BCUT2D eigenvalue weighted by Crippen LogP contribution is -2.27. The molecule has 7 heteroatoms. The highest BCUT2D eigenvalue weighted by molar-refractivity contribution is 6.11. The molecule has 5 N–H and O–H groups in total. The van der Waals surface area contributed by atoms with Crippen molar-refractivity contribution in [3.05, 3.63) is 46.1 Å². The molecule has 3 heterocycles. The number of anilines is 1. The maximum Gasteiger partial charge on any atom is 0.253 e. The molecule has 7 nitrogen and oxygen atoms in total. The van der Waals surface area contributed by atoms with Crippen LogP contribution in [0.25, 0.3) is 16.7 Å². The molecule has 1 aliphatic rings. The number of phenols is 1. The van der Waals surface area contributed by atoms with Crippen molar-refractivity contribution in [2.75, 3.05) is 19.3 Å². The van der Waals surface area contributed by atoms with Crippen LogP contribution >= 0.6 is 0 Å². The fourth-order valence-corrected chi connectivity index (χ4v) is 3.95. The van der Waals surface area contributed by atoms with Gasteiger partial charge in [0.1, 0.15) is 17.2 Å². The number of phenolic OH excluding ortho intramolecular Hbond substituents is 1. The highest BCUT2D eigenvalue weighted by Crippen LogP contribution is 2.36. The Morgan fingerprint density at radius 2 is 2.04 bits per heavy atom. The average Bonchev–Trinajstić information content (AvgIpc) is 2.88. The topological polar surface area (TPSA) is 110 Å². The summed E-state index contributed by atoms with van der Waals surface area (Å²) in [6.45, 7) is 5.43. The number of primary amides is 1. The van der Waals surface area contributed by atoms with Crippen molar-refractivity contribution in [2.24, 2.45) is 5.73 Å². The second-order valence-electron chi connectivity index (χ2n) is 7.29. The third-order valence-corrected chi connectivity index (χ3v) is 5.41. The van der Waals surface area contributed by atoms with Gasteiger partial charge in [-0.05, 0) is 50.6 Å². The molecule has 0 saturated carbocycles. The van der Waals surface area contributed by atoms with Gasteiger partial charge in [-0.1, -0.05) is 6.07 Å². The predicted octanol–water partition coefficient (Wildman–Crippen LogP) is 2.02. The van der Waals surface area contributed by atoms with Gasteiger partial charge in [-0.2, -0.15) is 0 Å². The first-order valence-corrected chi connectivity index (χ1v) is 8.90.